The highest BCUT2D eigenvalue weighted by molar-refractivity contribution is 5.43. The molecular formula is C19H33N3O2. The van der Waals surface area contributed by atoms with E-state index < -0.39 is 0 Å². The minimum absolute atomic E-state index is 0.0124. The zero-order valence-electron chi connectivity index (χ0n) is 16.5. The van der Waals surface area contributed by atoms with Crippen LogP contribution >= 0.6 is 0 Å². The molecule has 5 heteroatoms. The lowest BCUT2D eigenvalue weighted by Crippen LogP contribution is -2.48. The van der Waals surface area contributed by atoms with Crippen molar-refractivity contribution in [3.8, 4) is 0 Å². The van der Waals surface area contributed by atoms with Crippen molar-refractivity contribution in [1.29, 1.82) is 0 Å². The van der Waals surface area contributed by atoms with Crippen molar-refractivity contribution < 1.29 is 9.47 Å². The molecule has 1 aliphatic heterocycles. The van der Waals surface area contributed by atoms with E-state index in [1.165, 1.54) is 0 Å². The molecule has 0 saturated carbocycles. The summed E-state index contributed by atoms with van der Waals surface area (Å²) in [6.45, 7) is 17.4. The van der Waals surface area contributed by atoms with Crippen LogP contribution in [0.3, 0.4) is 0 Å². The van der Waals surface area contributed by atoms with Gasteiger partial charge in [0.1, 0.15) is 11.6 Å². The van der Waals surface area contributed by atoms with Gasteiger partial charge in [0.15, 0.2) is 0 Å². The summed E-state index contributed by atoms with van der Waals surface area (Å²) in [5.41, 5.74) is 0.987. The lowest BCUT2D eigenvalue weighted by molar-refractivity contribution is -0.0512. The molecule has 0 radical (unpaired) electrons. The number of aromatic nitrogens is 2. The smallest absolute Gasteiger partial charge is 0.136 e. The van der Waals surface area contributed by atoms with E-state index in [-0.39, 0.29) is 23.0 Å². The minimum Gasteiger partial charge on any atom is -0.382 e. The van der Waals surface area contributed by atoms with Crippen LogP contribution in [0, 0.1) is 0 Å². The third kappa shape index (κ3) is 4.67. The summed E-state index contributed by atoms with van der Waals surface area (Å²) < 4.78 is 11.2. The third-order valence-electron chi connectivity index (χ3n) is 4.15. The monoisotopic (exact) mass is 335 g/mol. The highest BCUT2D eigenvalue weighted by Gasteiger charge is 2.29. The quantitative estimate of drug-likeness (QED) is 0.848. The zero-order valence-corrected chi connectivity index (χ0v) is 16.5. The van der Waals surface area contributed by atoms with Gasteiger partial charge in [0.25, 0.3) is 0 Å². The summed E-state index contributed by atoms with van der Waals surface area (Å²) in [7, 11) is 1.72. The first-order chi connectivity index (χ1) is 11.0. The molecule has 0 N–H and O–H groups in total. The van der Waals surface area contributed by atoms with Crippen molar-refractivity contribution in [3.63, 3.8) is 0 Å². The first kappa shape index (κ1) is 19.1. The highest BCUT2D eigenvalue weighted by Crippen LogP contribution is 2.29. The van der Waals surface area contributed by atoms with E-state index >= 15 is 0 Å². The molecule has 2 rings (SSSR count). The van der Waals surface area contributed by atoms with Crippen LogP contribution in [-0.2, 0) is 20.3 Å². The average molecular weight is 335 g/mol. The van der Waals surface area contributed by atoms with Gasteiger partial charge in [-0.05, 0) is 6.92 Å². The fourth-order valence-electron chi connectivity index (χ4n) is 2.83. The predicted molar refractivity (Wildman–Crippen MR) is 97.9 cm³/mol. The Hall–Kier alpha value is -1.20. The first-order valence-electron chi connectivity index (χ1n) is 8.80. The van der Waals surface area contributed by atoms with E-state index in [9.17, 15) is 0 Å². The van der Waals surface area contributed by atoms with Crippen LogP contribution in [0.15, 0.2) is 6.07 Å². The summed E-state index contributed by atoms with van der Waals surface area (Å²) in [6, 6.07) is 2.14. The van der Waals surface area contributed by atoms with Crippen LogP contribution < -0.4 is 4.90 Å². The molecule has 136 valence electrons. The molecule has 0 aliphatic carbocycles. The van der Waals surface area contributed by atoms with Gasteiger partial charge in [0, 0.05) is 37.1 Å². The van der Waals surface area contributed by atoms with Gasteiger partial charge in [0.05, 0.1) is 24.5 Å². The number of morpholine rings is 1. The van der Waals surface area contributed by atoms with Gasteiger partial charge >= 0.3 is 0 Å². The van der Waals surface area contributed by atoms with Crippen molar-refractivity contribution in [2.24, 2.45) is 0 Å². The van der Waals surface area contributed by atoms with Crippen molar-refractivity contribution >= 4 is 5.82 Å². The summed E-state index contributed by atoms with van der Waals surface area (Å²) >= 11 is 0. The van der Waals surface area contributed by atoms with E-state index in [1.54, 1.807) is 7.11 Å². The van der Waals surface area contributed by atoms with Crippen molar-refractivity contribution in [1.82, 2.24) is 9.97 Å². The highest BCUT2D eigenvalue weighted by atomic mass is 16.5. The second kappa shape index (κ2) is 6.96. The van der Waals surface area contributed by atoms with Gasteiger partial charge in [-0.2, -0.15) is 0 Å². The average Bonchev–Trinajstić information content (AvgIpc) is 2.44. The van der Waals surface area contributed by atoms with Crippen LogP contribution in [0.2, 0.25) is 0 Å². The van der Waals surface area contributed by atoms with E-state index in [2.05, 4.69) is 59.4 Å². The fourth-order valence-corrected chi connectivity index (χ4v) is 2.83. The van der Waals surface area contributed by atoms with E-state index in [4.69, 9.17) is 19.4 Å². The third-order valence-corrected chi connectivity index (χ3v) is 4.15. The number of hydrogen-bond acceptors (Lipinski definition) is 5. The summed E-state index contributed by atoms with van der Waals surface area (Å²) in [4.78, 5) is 12.1. The van der Waals surface area contributed by atoms with Crippen LogP contribution in [0.5, 0.6) is 0 Å². The zero-order chi connectivity index (χ0) is 18.1. The maximum Gasteiger partial charge on any atom is 0.136 e. The maximum absolute atomic E-state index is 5.96. The number of ether oxygens (including phenoxy) is 2. The first-order valence-corrected chi connectivity index (χ1v) is 8.80. The normalized spacial score (nSPS) is 22.8. The molecule has 0 spiro atoms. The number of methoxy groups -OCH3 is 1. The largest absolute Gasteiger partial charge is 0.382 e. The molecule has 2 unspecified atom stereocenters. The van der Waals surface area contributed by atoms with Crippen molar-refractivity contribution in [2.75, 3.05) is 31.7 Å². The van der Waals surface area contributed by atoms with E-state index in [1.807, 2.05) is 0 Å². The van der Waals surface area contributed by atoms with Gasteiger partial charge in [-0.3, -0.25) is 0 Å². The fraction of sp³-hybridized carbons (Fsp3) is 0.789. The molecule has 0 bridgehead atoms. The Balaban J connectivity index is 2.41. The minimum atomic E-state index is -0.0835. The number of nitrogens with zero attached hydrogens (tertiary/aromatic N) is 3. The van der Waals surface area contributed by atoms with Crippen LogP contribution in [-0.4, -0.2) is 49.0 Å². The van der Waals surface area contributed by atoms with Gasteiger partial charge in [-0.1, -0.05) is 41.5 Å². The van der Waals surface area contributed by atoms with Gasteiger partial charge < -0.3 is 14.4 Å². The maximum atomic E-state index is 5.96. The van der Waals surface area contributed by atoms with Gasteiger partial charge in [-0.25, -0.2) is 9.97 Å². The van der Waals surface area contributed by atoms with Crippen LogP contribution in [0.25, 0.3) is 0 Å². The summed E-state index contributed by atoms with van der Waals surface area (Å²) in [5.74, 6) is 1.89. The molecule has 1 fully saturated rings. The molecule has 1 aromatic heterocycles. The SMILES string of the molecule is COCC1CN(c2cc(C(C)(C)C)nc(C(C)(C)C)n2)CC(C)O1. The lowest BCUT2D eigenvalue weighted by atomic mass is 9.90. The predicted octanol–water partition coefficient (Wildman–Crippen LogP) is 3.31. The second-order valence-electron chi connectivity index (χ2n) is 8.86. The molecule has 1 aromatic rings. The Morgan fingerprint density at radius 1 is 1.12 bits per heavy atom. The Bertz CT molecular complexity index is 528. The molecule has 2 atom stereocenters. The molecular weight excluding hydrogens is 302 g/mol. The molecule has 1 saturated heterocycles. The van der Waals surface area contributed by atoms with E-state index in [0.29, 0.717) is 6.61 Å². The topological polar surface area (TPSA) is 47.5 Å². The summed E-state index contributed by atoms with van der Waals surface area (Å²) in [5, 5.41) is 0. The van der Waals surface area contributed by atoms with Gasteiger partial charge in [0.2, 0.25) is 0 Å². The molecule has 5 nitrogen and oxygen atoms in total. The second-order valence-corrected chi connectivity index (χ2v) is 8.86. The Kier molecular flexibility index (Phi) is 5.55. The number of rotatable bonds is 3. The Morgan fingerprint density at radius 2 is 1.79 bits per heavy atom. The number of anilines is 1. The molecule has 24 heavy (non-hydrogen) atoms. The molecule has 0 aromatic carbocycles. The summed E-state index contributed by atoms with van der Waals surface area (Å²) in [6.07, 6.45) is 0.231. The molecule has 1 aliphatic rings. The van der Waals surface area contributed by atoms with Gasteiger partial charge in [-0.15, -0.1) is 0 Å². The van der Waals surface area contributed by atoms with Crippen molar-refractivity contribution in [3.05, 3.63) is 17.6 Å². The van der Waals surface area contributed by atoms with Crippen molar-refractivity contribution in [2.45, 2.75) is 71.5 Å². The Morgan fingerprint density at radius 3 is 2.33 bits per heavy atom. The standard InChI is InChI=1S/C19H33N3O2/c1-13-10-22(11-14(24-13)12-23-8)16-9-15(18(2,3)4)20-17(21-16)19(5,6)7/h9,13-14H,10-12H2,1-8H3. The van der Waals surface area contributed by atoms with E-state index in [0.717, 1.165) is 30.4 Å². The molecule has 2 heterocycles. The van der Waals surface area contributed by atoms with Crippen LogP contribution in [0.1, 0.15) is 60.0 Å². The van der Waals surface area contributed by atoms with Crippen LogP contribution in [0.4, 0.5) is 5.82 Å². The molecule has 0 amide bonds. The Labute approximate surface area is 146 Å². The number of hydrogen-bond donors (Lipinski definition) is 0. The lowest BCUT2D eigenvalue weighted by Gasteiger charge is -2.38.